The molecule has 0 fully saturated rings. The largest absolute Gasteiger partial charge is 0.468 e. The molecule has 0 bridgehead atoms. The molecule has 0 aliphatic heterocycles. The van der Waals surface area contributed by atoms with E-state index in [9.17, 15) is 9.59 Å². The second-order valence-corrected chi connectivity index (χ2v) is 6.35. The SMILES string of the molecule is COC(=O)CN(Cc1ccccc1C)C(=O)Cc1ccc(-n2cnnn2)cc1. The zero-order valence-corrected chi connectivity index (χ0v) is 15.8. The predicted octanol–water partition coefficient (Wildman–Crippen LogP) is 1.72. The molecule has 28 heavy (non-hydrogen) atoms. The number of carbonyl (C=O) groups excluding carboxylic acids is 2. The van der Waals surface area contributed by atoms with Crippen molar-refractivity contribution in [3.8, 4) is 5.69 Å². The first-order chi connectivity index (χ1) is 13.6. The summed E-state index contributed by atoms with van der Waals surface area (Å²) in [6.45, 7) is 2.24. The Balaban J connectivity index is 1.73. The van der Waals surface area contributed by atoms with Crippen molar-refractivity contribution in [3.05, 3.63) is 71.5 Å². The van der Waals surface area contributed by atoms with E-state index in [-0.39, 0.29) is 18.9 Å². The topological polar surface area (TPSA) is 90.2 Å². The standard InChI is InChI=1S/C20H21N5O3/c1-15-5-3-4-6-17(15)12-24(13-20(27)28-2)19(26)11-16-7-9-18(10-8-16)25-14-21-22-23-25/h3-10,14H,11-13H2,1-2H3. The van der Waals surface area contributed by atoms with E-state index in [1.807, 2.05) is 55.5 Å². The van der Waals surface area contributed by atoms with Crippen LogP contribution < -0.4 is 0 Å². The number of carbonyl (C=O) groups is 2. The van der Waals surface area contributed by atoms with Crippen molar-refractivity contribution in [3.63, 3.8) is 0 Å². The van der Waals surface area contributed by atoms with Crippen LogP contribution in [0.2, 0.25) is 0 Å². The number of nitrogens with zero attached hydrogens (tertiary/aromatic N) is 5. The van der Waals surface area contributed by atoms with E-state index in [0.29, 0.717) is 6.54 Å². The van der Waals surface area contributed by atoms with E-state index in [1.165, 1.54) is 23.0 Å². The van der Waals surface area contributed by atoms with Gasteiger partial charge < -0.3 is 9.64 Å². The van der Waals surface area contributed by atoms with Crippen LogP contribution in [-0.4, -0.2) is 50.6 Å². The minimum Gasteiger partial charge on any atom is -0.468 e. The molecule has 0 N–H and O–H groups in total. The molecule has 1 heterocycles. The highest BCUT2D eigenvalue weighted by Crippen LogP contribution is 2.14. The number of rotatable bonds is 7. The van der Waals surface area contributed by atoms with Gasteiger partial charge in [0.25, 0.3) is 0 Å². The number of aryl methyl sites for hydroxylation is 1. The summed E-state index contributed by atoms with van der Waals surface area (Å²) in [6, 6.07) is 15.2. The molecule has 0 aliphatic carbocycles. The number of esters is 1. The average Bonchev–Trinajstić information content (AvgIpc) is 3.24. The van der Waals surface area contributed by atoms with Crippen LogP contribution in [0.4, 0.5) is 0 Å². The summed E-state index contributed by atoms with van der Waals surface area (Å²) in [6.07, 6.45) is 1.68. The fourth-order valence-electron chi connectivity index (χ4n) is 2.78. The van der Waals surface area contributed by atoms with Gasteiger partial charge in [0.1, 0.15) is 12.9 Å². The Bertz CT molecular complexity index is 939. The monoisotopic (exact) mass is 379 g/mol. The van der Waals surface area contributed by atoms with Crippen molar-refractivity contribution in [2.75, 3.05) is 13.7 Å². The first kappa shape index (κ1) is 19.2. The van der Waals surface area contributed by atoms with Gasteiger partial charge in [0, 0.05) is 6.54 Å². The van der Waals surface area contributed by atoms with E-state index >= 15 is 0 Å². The molecular formula is C20H21N5O3. The predicted molar refractivity (Wildman–Crippen MR) is 101 cm³/mol. The van der Waals surface area contributed by atoms with Gasteiger partial charge in [0.15, 0.2) is 0 Å². The van der Waals surface area contributed by atoms with Crippen molar-refractivity contribution < 1.29 is 14.3 Å². The summed E-state index contributed by atoms with van der Waals surface area (Å²) in [5.41, 5.74) is 3.69. The lowest BCUT2D eigenvalue weighted by atomic mass is 10.1. The number of aromatic nitrogens is 4. The zero-order valence-electron chi connectivity index (χ0n) is 15.8. The lowest BCUT2D eigenvalue weighted by Crippen LogP contribution is -2.36. The fourth-order valence-corrected chi connectivity index (χ4v) is 2.78. The molecular weight excluding hydrogens is 358 g/mol. The molecule has 3 rings (SSSR count). The van der Waals surface area contributed by atoms with E-state index < -0.39 is 5.97 Å². The Morgan fingerprint density at radius 3 is 2.50 bits per heavy atom. The molecule has 0 unspecified atom stereocenters. The molecule has 0 atom stereocenters. The Kier molecular flexibility index (Phi) is 6.11. The highest BCUT2D eigenvalue weighted by molar-refractivity contribution is 5.83. The van der Waals surface area contributed by atoms with Gasteiger partial charge in [-0.3, -0.25) is 9.59 Å². The smallest absolute Gasteiger partial charge is 0.325 e. The Labute approximate surface area is 162 Å². The van der Waals surface area contributed by atoms with E-state index in [0.717, 1.165) is 22.4 Å². The second-order valence-electron chi connectivity index (χ2n) is 6.35. The molecule has 2 aromatic carbocycles. The summed E-state index contributed by atoms with van der Waals surface area (Å²) >= 11 is 0. The van der Waals surface area contributed by atoms with Gasteiger partial charge in [-0.05, 0) is 46.2 Å². The Morgan fingerprint density at radius 1 is 1.11 bits per heavy atom. The number of tetrazole rings is 1. The third-order valence-electron chi connectivity index (χ3n) is 4.43. The van der Waals surface area contributed by atoms with E-state index in [2.05, 4.69) is 15.5 Å². The maximum Gasteiger partial charge on any atom is 0.325 e. The molecule has 3 aromatic rings. The molecule has 144 valence electrons. The molecule has 0 saturated carbocycles. The van der Waals surface area contributed by atoms with Gasteiger partial charge in [-0.2, -0.15) is 0 Å². The van der Waals surface area contributed by atoms with Gasteiger partial charge >= 0.3 is 5.97 Å². The van der Waals surface area contributed by atoms with Crippen LogP contribution in [0.25, 0.3) is 5.69 Å². The van der Waals surface area contributed by atoms with Crippen molar-refractivity contribution in [2.45, 2.75) is 19.9 Å². The summed E-state index contributed by atoms with van der Waals surface area (Å²) in [5, 5.41) is 11.0. The normalized spacial score (nSPS) is 10.5. The summed E-state index contributed by atoms with van der Waals surface area (Å²) in [4.78, 5) is 26.2. The average molecular weight is 379 g/mol. The number of hydrogen-bond acceptors (Lipinski definition) is 6. The number of hydrogen-bond donors (Lipinski definition) is 0. The second kappa shape index (κ2) is 8.90. The summed E-state index contributed by atoms with van der Waals surface area (Å²) < 4.78 is 6.29. The van der Waals surface area contributed by atoms with Crippen LogP contribution in [0.1, 0.15) is 16.7 Å². The Morgan fingerprint density at radius 2 is 1.86 bits per heavy atom. The van der Waals surface area contributed by atoms with Crippen LogP contribution >= 0.6 is 0 Å². The first-order valence-corrected chi connectivity index (χ1v) is 8.78. The molecule has 8 nitrogen and oxygen atoms in total. The van der Waals surface area contributed by atoms with Gasteiger partial charge in [0.2, 0.25) is 5.91 Å². The number of amides is 1. The molecule has 1 aromatic heterocycles. The lowest BCUT2D eigenvalue weighted by Gasteiger charge is -2.22. The van der Waals surface area contributed by atoms with Crippen LogP contribution in [0.5, 0.6) is 0 Å². The molecule has 0 aliphatic rings. The van der Waals surface area contributed by atoms with Gasteiger partial charge in [0.05, 0.1) is 19.2 Å². The quantitative estimate of drug-likeness (QED) is 0.581. The maximum absolute atomic E-state index is 12.9. The first-order valence-electron chi connectivity index (χ1n) is 8.78. The third-order valence-corrected chi connectivity index (χ3v) is 4.43. The van der Waals surface area contributed by atoms with Crippen LogP contribution in [0, 0.1) is 6.92 Å². The van der Waals surface area contributed by atoms with Crippen molar-refractivity contribution >= 4 is 11.9 Å². The third kappa shape index (κ3) is 4.79. The fraction of sp³-hybridized carbons (Fsp3) is 0.250. The molecule has 0 saturated heterocycles. The highest BCUT2D eigenvalue weighted by atomic mass is 16.5. The minimum atomic E-state index is -0.448. The van der Waals surface area contributed by atoms with Crippen molar-refractivity contribution in [1.82, 2.24) is 25.1 Å². The molecule has 0 radical (unpaired) electrons. The van der Waals surface area contributed by atoms with E-state index in [4.69, 9.17) is 4.74 Å². The van der Waals surface area contributed by atoms with Crippen LogP contribution in [-0.2, 0) is 27.3 Å². The van der Waals surface area contributed by atoms with Crippen LogP contribution in [0.3, 0.4) is 0 Å². The lowest BCUT2D eigenvalue weighted by molar-refractivity contribution is -0.147. The molecule has 0 spiro atoms. The van der Waals surface area contributed by atoms with Gasteiger partial charge in [-0.1, -0.05) is 36.4 Å². The Hall–Kier alpha value is -3.55. The van der Waals surface area contributed by atoms with Crippen molar-refractivity contribution in [2.24, 2.45) is 0 Å². The van der Waals surface area contributed by atoms with E-state index in [1.54, 1.807) is 0 Å². The summed E-state index contributed by atoms with van der Waals surface area (Å²) in [7, 11) is 1.32. The zero-order chi connectivity index (χ0) is 19.9. The number of ether oxygens (including phenoxy) is 1. The van der Waals surface area contributed by atoms with Gasteiger partial charge in [-0.25, -0.2) is 4.68 Å². The van der Waals surface area contributed by atoms with Crippen molar-refractivity contribution in [1.29, 1.82) is 0 Å². The summed E-state index contributed by atoms with van der Waals surface area (Å²) in [5.74, 6) is -0.597. The van der Waals surface area contributed by atoms with Crippen LogP contribution in [0.15, 0.2) is 54.9 Å². The maximum atomic E-state index is 12.9. The van der Waals surface area contributed by atoms with Gasteiger partial charge in [-0.15, -0.1) is 5.10 Å². The molecule has 8 heteroatoms. The minimum absolute atomic E-state index is 0.0909. The molecule has 1 amide bonds. The number of methoxy groups -OCH3 is 1. The number of benzene rings is 2. The highest BCUT2D eigenvalue weighted by Gasteiger charge is 2.19.